The smallest absolute Gasteiger partial charge is 0.320 e. The fraction of sp³-hybridized carbons (Fsp3) is 0.304. The Morgan fingerprint density at radius 1 is 1.06 bits per heavy atom. The molecule has 0 radical (unpaired) electrons. The van der Waals surface area contributed by atoms with E-state index >= 15 is 0 Å². The summed E-state index contributed by atoms with van der Waals surface area (Å²) in [5.41, 5.74) is 2.73. The lowest BCUT2D eigenvalue weighted by atomic mass is 9.97. The van der Waals surface area contributed by atoms with Crippen LogP contribution in [0.4, 0.5) is 0 Å². The van der Waals surface area contributed by atoms with Crippen molar-refractivity contribution >= 4 is 10.9 Å². The maximum absolute atomic E-state index is 12.8. The van der Waals surface area contributed by atoms with E-state index in [0.29, 0.717) is 17.0 Å². The number of H-pyrrole nitrogens is 2. The Kier molecular flexibility index (Phi) is 4.99. The van der Waals surface area contributed by atoms with Crippen molar-refractivity contribution in [3.8, 4) is 5.69 Å². The molecule has 1 fully saturated rings. The molecule has 1 aliphatic rings. The molecular formula is C23H24N6O2. The topological polar surface area (TPSA) is 99.7 Å². The zero-order valence-electron chi connectivity index (χ0n) is 17.3. The van der Waals surface area contributed by atoms with Crippen molar-refractivity contribution in [3.05, 3.63) is 86.6 Å². The average molecular weight is 416 g/mol. The zero-order chi connectivity index (χ0) is 21.4. The molecule has 0 aliphatic carbocycles. The van der Waals surface area contributed by atoms with Crippen LogP contribution in [0.25, 0.3) is 16.6 Å². The first kappa shape index (κ1) is 19.4. The third-order valence-electron chi connectivity index (χ3n) is 5.82. The summed E-state index contributed by atoms with van der Waals surface area (Å²) in [4.78, 5) is 37.3. The summed E-state index contributed by atoms with van der Waals surface area (Å²) in [6.07, 6.45) is 2.00. The monoisotopic (exact) mass is 416 g/mol. The molecule has 0 bridgehead atoms. The van der Waals surface area contributed by atoms with Gasteiger partial charge in [-0.25, -0.2) is 4.79 Å². The van der Waals surface area contributed by atoms with E-state index in [2.05, 4.69) is 31.0 Å². The van der Waals surface area contributed by atoms with Gasteiger partial charge in [0.15, 0.2) is 0 Å². The van der Waals surface area contributed by atoms with E-state index in [0.717, 1.165) is 49.2 Å². The van der Waals surface area contributed by atoms with Crippen LogP contribution in [-0.2, 0) is 6.54 Å². The molecule has 3 aromatic heterocycles. The summed E-state index contributed by atoms with van der Waals surface area (Å²) >= 11 is 0. The minimum absolute atomic E-state index is 0.140. The molecule has 0 spiro atoms. The van der Waals surface area contributed by atoms with Gasteiger partial charge < -0.3 is 4.98 Å². The van der Waals surface area contributed by atoms with E-state index in [1.165, 1.54) is 10.7 Å². The fourth-order valence-electron chi connectivity index (χ4n) is 4.37. The lowest BCUT2D eigenvalue weighted by Gasteiger charge is -2.31. The molecule has 4 heterocycles. The summed E-state index contributed by atoms with van der Waals surface area (Å²) in [7, 11) is 0. The SMILES string of the molecule is Cc1cccc(CN2CCCC(c3nn(-c4cccc5ccc(=O)[nH]c45)c(=O)[nH]3)C2)n1. The largest absolute Gasteiger partial charge is 0.348 e. The third-order valence-corrected chi connectivity index (χ3v) is 5.82. The van der Waals surface area contributed by atoms with Crippen molar-refractivity contribution < 1.29 is 0 Å². The van der Waals surface area contributed by atoms with Gasteiger partial charge in [0.2, 0.25) is 5.56 Å². The molecule has 4 aromatic rings. The molecule has 2 N–H and O–H groups in total. The number of fused-ring (bicyclic) bond motifs is 1. The molecule has 1 atom stereocenters. The van der Waals surface area contributed by atoms with Gasteiger partial charge in [0.05, 0.1) is 16.9 Å². The number of nitrogens with zero attached hydrogens (tertiary/aromatic N) is 4. The molecule has 1 unspecified atom stereocenters. The van der Waals surface area contributed by atoms with Gasteiger partial charge in [-0.2, -0.15) is 4.68 Å². The Bertz CT molecular complexity index is 1350. The number of benzene rings is 1. The average Bonchev–Trinajstić information content (AvgIpc) is 3.15. The van der Waals surface area contributed by atoms with E-state index < -0.39 is 0 Å². The minimum Gasteiger partial charge on any atom is -0.320 e. The highest BCUT2D eigenvalue weighted by Gasteiger charge is 2.25. The molecule has 1 aromatic carbocycles. The number of para-hydroxylation sites is 1. The second-order valence-corrected chi connectivity index (χ2v) is 8.14. The fourth-order valence-corrected chi connectivity index (χ4v) is 4.37. The Balaban J connectivity index is 1.43. The first-order chi connectivity index (χ1) is 15.1. The second kappa shape index (κ2) is 7.96. The van der Waals surface area contributed by atoms with Crippen LogP contribution in [-0.4, -0.2) is 42.7 Å². The molecule has 31 heavy (non-hydrogen) atoms. The van der Waals surface area contributed by atoms with Crippen LogP contribution in [0.2, 0.25) is 0 Å². The molecule has 1 saturated heterocycles. The highest BCUT2D eigenvalue weighted by molar-refractivity contribution is 5.85. The minimum atomic E-state index is -0.301. The van der Waals surface area contributed by atoms with Gasteiger partial charge in [-0.3, -0.25) is 19.7 Å². The summed E-state index contributed by atoms with van der Waals surface area (Å²) in [6, 6.07) is 14.8. The second-order valence-electron chi connectivity index (χ2n) is 8.14. The normalized spacial score (nSPS) is 17.3. The Labute approximate surface area is 178 Å². The van der Waals surface area contributed by atoms with E-state index in [9.17, 15) is 9.59 Å². The van der Waals surface area contributed by atoms with Crippen LogP contribution in [0.3, 0.4) is 0 Å². The molecule has 8 nitrogen and oxygen atoms in total. The van der Waals surface area contributed by atoms with Crippen molar-refractivity contribution in [3.63, 3.8) is 0 Å². The van der Waals surface area contributed by atoms with Crippen LogP contribution in [0.1, 0.15) is 36.0 Å². The molecule has 8 heteroatoms. The number of hydrogen-bond donors (Lipinski definition) is 2. The molecule has 158 valence electrons. The Hall–Kier alpha value is -3.52. The first-order valence-electron chi connectivity index (χ1n) is 10.5. The number of rotatable bonds is 4. The number of aromatic amines is 2. The number of nitrogens with one attached hydrogen (secondary N) is 2. The van der Waals surface area contributed by atoms with Gasteiger partial charge in [0.1, 0.15) is 5.82 Å². The molecule has 5 rings (SSSR count). The first-order valence-corrected chi connectivity index (χ1v) is 10.5. The summed E-state index contributed by atoms with van der Waals surface area (Å²) in [5.74, 6) is 0.823. The van der Waals surface area contributed by atoms with Crippen LogP contribution in [0, 0.1) is 6.92 Å². The zero-order valence-corrected chi connectivity index (χ0v) is 17.3. The standard InChI is InChI=1S/C23H24N6O2/c1-15-5-2-8-18(24-15)14-28-12-4-7-17(13-28)22-26-23(31)29(27-22)19-9-3-6-16-10-11-20(30)25-21(16)19/h2-3,5-6,8-11,17H,4,7,12-14H2,1H3,(H,25,30)(H,26,27,31). The number of pyridine rings is 2. The van der Waals surface area contributed by atoms with E-state index in [4.69, 9.17) is 0 Å². The highest BCUT2D eigenvalue weighted by atomic mass is 16.2. The number of likely N-dealkylation sites (tertiary alicyclic amines) is 1. The van der Waals surface area contributed by atoms with Crippen molar-refractivity contribution in [1.29, 1.82) is 0 Å². The predicted molar refractivity (Wildman–Crippen MR) is 119 cm³/mol. The molecule has 0 amide bonds. The lowest BCUT2D eigenvalue weighted by Crippen LogP contribution is -2.34. The quantitative estimate of drug-likeness (QED) is 0.532. The Morgan fingerprint density at radius 2 is 1.94 bits per heavy atom. The predicted octanol–water partition coefficient (Wildman–Crippen LogP) is 2.49. The number of piperidine rings is 1. The maximum atomic E-state index is 12.8. The number of hydrogen-bond acceptors (Lipinski definition) is 5. The van der Waals surface area contributed by atoms with Gasteiger partial charge >= 0.3 is 5.69 Å². The van der Waals surface area contributed by atoms with Crippen LogP contribution >= 0.6 is 0 Å². The van der Waals surface area contributed by atoms with E-state index in [1.807, 2.05) is 31.2 Å². The van der Waals surface area contributed by atoms with Crippen LogP contribution in [0.5, 0.6) is 0 Å². The number of aryl methyl sites for hydroxylation is 1. The van der Waals surface area contributed by atoms with Gasteiger partial charge in [-0.1, -0.05) is 18.2 Å². The van der Waals surface area contributed by atoms with Crippen molar-refractivity contribution in [2.75, 3.05) is 13.1 Å². The van der Waals surface area contributed by atoms with Gasteiger partial charge in [-0.15, -0.1) is 5.10 Å². The van der Waals surface area contributed by atoms with Gasteiger partial charge in [0.25, 0.3) is 0 Å². The molecular weight excluding hydrogens is 392 g/mol. The van der Waals surface area contributed by atoms with E-state index in [1.54, 1.807) is 12.1 Å². The van der Waals surface area contributed by atoms with Gasteiger partial charge in [-0.05, 0) is 50.6 Å². The summed E-state index contributed by atoms with van der Waals surface area (Å²) in [6.45, 7) is 4.60. The Morgan fingerprint density at radius 3 is 2.81 bits per heavy atom. The summed E-state index contributed by atoms with van der Waals surface area (Å²) < 4.78 is 1.36. The van der Waals surface area contributed by atoms with E-state index in [-0.39, 0.29) is 17.2 Å². The summed E-state index contributed by atoms with van der Waals surface area (Å²) in [5, 5.41) is 5.47. The van der Waals surface area contributed by atoms with Crippen molar-refractivity contribution in [2.45, 2.75) is 32.2 Å². The van der Waals surface area contributed by atoms with Gasteiger partial charge in [0, 0.05) is 36.2 Å². The van der Waals surface area contributed by atoms with Crippen LogP contribution < -0.4 is 11.2 Å². The van der Waals surface area contributed by atoms with Crippen molar-refractivity contribution in [1.82, 2.24) is 29.6 Å². The maximum Gasteiger partial charge on any atom is 0.348 e. The van der Waals surface area contributed by atoms with Crippen molar-refractivity contribution in [2.24, 2.45) is 0 Å². The third kappa shape index (κ3) is 3.94. The lowest BCUT2D eigenvalue weighted by molar-refractivity contribution is 0.194. The number of aromatic nitrogens is 5. The van der Waals surface area contributed by atoms with Crippen LogP contribution in [0.15, 0.2) is 58.1 Å². The highest BCUT2D eigenvalue weighted by Crippen LogP contribution is 2.25. The molecule has 1 aliphatic heterocycles. The molecule has 0 saturated carbocycles.